The molecule has 0 heterocycles. The lowest BCUT2D eigenvalue weighted by Gasteiger charge is -2.19. The molecule has 1 rings (SSSR count). The fraction of sp³-hybridized carbons (Fsp3) is 0.571. The van der Waals surface area contributed by atoms with Gasteiger partial charge in [0.15, 0.2) is 0 Å². The zero-order chi connectivity index (χ0) is 13.7. The third-order valence-electron chi connectivity index (χ3n) is 3.16. The summed E-state index contributed by atoms with van der Waals surface area (Å²) in [6.45, 7) is 4.48. The Morgan fingerprint density at radius 3 is 2.39 bits per heavy atom. The number of benzene rings is 1. The normalized spacial score (nSPS) is 14.1. The number of halogens is 2. The molecule has 2 unspecified atom stereocenters. The van der Waals surface area contributed by atoms with Crippen molar-refractivity contribution in [2.45, 2.75) is 31.5 Å². The average molecular weight is 380 g/mol. The molecule has 0 aliphatic heterocycles. The van der Waals surface area contributed by atoms with Gasteiger partial charge in [-0.05, 0) is 34.3 Å². The number of ether oxygens (including phenoxy) is 2. The van der Waals surface area contributed by atoms with E-state index in [1.807, 2.05) is 6.07 Å². The van der Waals surface area contributed by atoms with Crippen LogP contribution in [0.3, 0.4) is 0 Å². The van der Waals surface area contributed by atoms with Crippen LogP contribution in [0, 0.1) is 5.92 Å². The Kier molecular flexibility index (Phi) is 6.50. The predicted octanol–water partition coefficient (Wildman–Crippen LogP) is 5.34. The van der Waals surface area contributed by atoms with Crippen molar-refractivity contribution in [1.82, 2.24) is 0 Å². The molecule has 0 saturated heterocycles. The van der Waals surface area contributed by atoms with E-state index in [4.69, 9.17) is 9.47 Å². The number of alkyl halides is 1. The fourth-order valence-corrected chi connectivity index (χ4v) is 3.50. The van der Waals surface area contributed by atoms with Crippen LogP contribution in [0.2, 0.25) is 0 Å². The van der Waals surface area contributed by atoms with Crippen LogP contribution >= 0.6 is 31.9 Å². The molecule has 0 bridgehead atoms. The molecule has 0 aliphatic carbocycles. The van der Waals surface area contributed by atoms with Crippen molar-refractivity contribution >= 4 is 31.9 Å². The van der Waals surface area contributed by atoms with Crippen LogP contribution < -0.4 is 9.47 Å². The first-order valence-corrected chi connectivity index (χ1v) is 7.80. The van der Waals surface area contributed by atoms with E-state index in [1.165, 1.54) is 6.42 Å². The second kappa shape index (κ2) is 7.39. The second-order valence-corrected chi connectivity index (χ2v) is 6.32. The zero-order valence-corrected chi connectivity index (χ0v) is 14.5. The Labute approximate surface area is 126 Å². The molecule has 102 valence electrons. The smallest absolute Gasteiger partial charge is 0.141 e. The van der Waals surface area contributed by atoms with Crippen LogP contribution in [0.5, 0.6) is 11.5 Å². The van der Waals surface area contributed by atoms with Crippen LogP contribution in [0.4, 0.5) is 0 Å². The number of hydrogen-bond acceptors (Lipinski definition) is 2. The van der Waals surface area contributed by atoms with Gasteiger partial charge in [0.1, 0.15) is 16.0 Å². The van der Waals surface area contributed by atoms with Crippen LogP contribution in [0.25, 0.3) is 0 Å². The predicted molar refractivity (Wildman–Crippen MR) is 83.0 cm³/mol. The molecule has 0 spiro atoms. The summed E-state index contributed by atoms with van der Waals surface area (Å²) in [5.41, 5.74) is 1.16. The summed E-state index contributed by atoms with van der Waals surface area (Å²) < 4.78 is 11.7. The molecular weight excluding hydrogens is 360 g/mol. The molecule has 0 amide bonds. The van der Waals surface area contributed by atoms with Crippen molar-refractivity contribution in [2.75, 3.05) is 14.2 Å². The van der Waals surface area contributed by atoms with Crippen molar-refractivity contribution < 1.29 is 9.47 Å². The maximum atomic E-state index is 5.50. The molecule has 0 aliphatic rings. The van der Waals surface area contributed by atoms with E-state index in [0.29, 0.717) is 10.7 Å². The van der Waals surface area contributed by atoms with Gasteiger partial charge in [0.2, 0.25) is 0 Å². The van der Waals surface area contributed by atoms with Crippen molar-refractivity contribution in [3.8, 4) is 11.5 Å². The lowest BCUT2D eigenvalue weighted by molar-refractivity contribution is 0.384. The maximum absolute atomic E-state index is 5.50. The van der Waals surface area contributed by atoms with Gasteiger partial charge in [-0.1, -0.05) is 42.3 Å². The summed E-state index contributed by atoms with van der Waals surface area (Å²) in [5, 5.41) is 0. The maximum Gasteiger partial charge on any atom is 0.141 e. The first kappa shape index (κ1) is 15.8. The van der Waals surface area contributed by atoms with Crippen LogP contribution in [0.15, 0.2) is 16.6 Å². The average Bonchev–Trinajstić information content (AvgIpc) is 2.37. The minimum Gasteiger partial charge on any atom is -0.495 e. The topological polar surface area (TPSA) is 18.5 Å². The highest BCUT2D eigenvalue weighted by Gasteiger charge is 2.19. The van der Waals surface area contributed by atoms with E-state index in [2.05, 4.69) is 51.8 Å². The molecule has 18 heavy (non-hydrogen) atoms. The zero-order valence-electron chi connectivity index (χ0n) is 11.3. The van der Waals surface area contributed by atoms with Crippen molar-refractivity contribution in [2.24, 2.45) is 5.92 Å². The van der Waals surface area contributed by atoms with E-state index < -0.39 is 0 Å². The minimum absolute atomic E-state index is 0.296. The highest BCUT2D eigenvalue weighted by atomic mass is 79.9. The molecule has 2 atom stereocenters. The van der Waals surface area contributed by atoms with Crippen molar-refractivity contribution in [3.05, 3.63) is 22.2 Å². The molecule has 0 radical (unpaired) electrons. The van der Waals surface area contributed by atoms with Gasteiger partial charge in [-0.15, -0.1) is 0 Å². The molecule has 1 aromatic rings. The van der Waals surface area contributed by atoms with Gasteiger partial charge in [0.25, 0.3) is 0 Å². The Bertz CT molecular complexity index is 394. The molecule has 0 N–H and O–H groups in total. The van der Waals surface area contributed by atoms with E-state index >= 15 is 0 Å². The Balaban J connectivity index is 3.05. The standard InChI is InChI=1S/C14H20Br2O2/c1-5-9(2)8-11(15)10-6-7-12(17-3)13(16)14(10)18-4/h6-7,9,11H,5,8H2,1-4H3. The number of rotatable bonds is 6. The summed E-state index contributed by atoms with van der Waals surface area (Å²) in [7, 11) is 3.34. The van der Waals surface area contributed by atoms with Gasteiger partial charge in [-0.2, -0.15) is 0 Å². The molecule has 1 aromatic carbocycles. The van der Waals surface area contributed by atoms with Crippen LogP contribution in [-0.2, 0) is 0 Å². The third kappa shape index (κ3) is 3.64. The Morgan fingerprint density at radius 1 is 1.22 bits per heavy atom. The van der Waals surface area contributed by atoms with Crippen LogP contribution in [-0.4, -0.2) is 14.2 Å². The van der Waals surface area contributed by atoms with E-state index in [0.717, 1.165) is 28.0 Å². The highest BCUT2D eigenvalue weighted by Crippen LogP contribution is 2.43. The Hall–Kier alpha value is -0.220. The van der Waals surface area contributed by atoms with Crippen molar-refractivity contribution in [3.63, 3.8) is 0 Å². The van der Waals surface area contributed by atoms with Gasteiger partial charge >= 0.3 is 0 Å². The van der Waals surface area contributed by atoms with Gasteiger partial charge < -0.3 is 9.47 Å². The SMILES string of the molecule is CCC(C)CC(Br)c1ccc(OC)c(Br)c1OC. The number of hydrogen-bond donors (Lipinski definition) is 0. The monoisotopic (exact) mass is 378 g/mol. The molecule has 2 nitrogen and oxygen atoms in total. The van der Waals surface area contributed by atoms with E-state index in [1.54, 1.807) is 14.2 Å². The largest absolute Gasteiger partial charge is 0.495 e. The first-order valence-electron chi connectivity index (χ1n) is 6.09. The second-order valence-electron chi connectivity index (χ2n) is 4.42. The summed E-state index contributed by atoms with van der Waals surface area (Å²) >= 11 is 7.29. The molecule has 0 saturated carbocycles. The van der Waals surface area contributed by atoms with E-state index in [-0.39, 0.29) is 0 Å². The minimum atomic E-state index is 0.296. The fourth-order valence-electron chi connectivity index (χ4n) is 1.81. The quantitative estimate of drug-likeness (QED) is 0.621. The number of methoxy groups -OCH3 is 2. The summed E-state index contributed by atoms with van der Waals surface area (Å²) in [5.74, 6) is 2.32. The molecule has 0 fully saturated rings. The van der Waals surface area contributed by atoms with E-state index in [9.17, 15) is 0 Å². The van der Waals surface area contributed by atoms with Gasteiger partial charge in [-0.3, -0.25) is 0 Å². The lowest BCUT2D eigenvalue weighted by Crippen LogP contribution is -2.02. The first-order chi connectivity index (χ1) is 8.54. The third-order valence-corrected chi connectivity index (χ3v) is 4.78. The molecular formula is C14H20Br2O2. The van der Waals surface area contributed by atoms with Gasteiger partial charge in [-0.25, -0.2) is 0 Å². The van der Waals surface area contributed by atoms with Gasteiger partial charge in [0, 0.05) is 10.4 Å². The summed E-state index contributed by atoms with van der Waals surface area (Å²) in [6.07, 6.45) is 2.27. The molecule has 0 aromatic heterocycles. The summed E-state index contributed by atoms with van der Waals surface area (Å²) in [6, 6.07) is 4.02. The Morgan fingerprint density at radius 2 is 1.89 bits per heavy atom. The molecule has 4 heteroatoms. The van der Waals surface area contributed by atoms with Crippen molar-refractivity contribution in [1.29, 1.82) is 0 Å². The lowest BCUT2D eigenvalue weighted by atomic mass is 9.98. The highest BCUT2D eigenvalue weighted by molar-refractivity contribution is 9.10. The van der Waals surface area contributed by atoms with Gasteiger partial charge in [0.05, 0.1) is 14.2 Å². The van der Waals surface area contributed by atoms with Crippen LogP contribution in [0.1, 0.15) is 37.1 Å². The summed E-state index contributed by atoms with van der Waals surface area (Å²) in [4.78, 5) is 0.296.